The van der Waals surface area contributed by atoms with Crippen molar-refractivity contribution in [1.82, 2.24) is 15.4 Å². The molecule has 2 N–H and O–H groups in total. The number of amides is 2. The molecule has 7 heteroatoms. The predicted octanol–water partition coefficient (Wildman–Crippen LogP) is 1.76. The second-order valence-electron chi connectivity index (χ2n) is 7.09. The number of rotatable bonds is 6. The van der Waals surface area contributed by atoms with Crippen molar-refractivity contribution >= 4 is 11.8 Å². The molecule has 3 rings (SSSR count). The Bertz CT molecular complexity index is 803. The molecule has 1 aliphatic heterocycles. The lowest BCUT2D eigenvalue weighted by atomic mass is 9.89. The molecule has 2 amide bonds. The maximum atomic E-state index is 13.0. The summed E-state index contributed by atoms with van der Waals surface area (Å²) in [7, 11) is 0. The molecule has 0 aliphatic carbocycles. The fourth-order valence-corrected chi connectivity index (χ4v) is 3.67. The number of hydrogen-bond donors (Lipinski definition) is 2. The van der Waals surface area contributed by atoms with E-state index in [4.69, 9.17) is 4.52 Å². The Morgan fingerprint density at radius 1 is 1.37 bits per heavy atom. The number of nitrogens with one attached hydrogen (secondary N) is 1. The van der Waals surface area contributed by atoms with Crippen molar-refractivity contribution in [2.75, 3.05) is 13.1 Å². The van der Waals surface area contributed by atoms with Gasteiger partial charge in [-0.25, -0.2) is 0 Å². The van der Waals surface area contributed by atoms with Gasteiger partial charge in [-0.1, -0.05) is 35.5 Å². The third kappa shape index (κ3) is 4.03. The Balaban J connectivity index is 1.87. The standard InChI is InChI=1S/C20H25N3O4/c1-14(24)13-21-19(26)20(9-6-10-23(20)15(2)25)12-17-11-18(22-27-17)16-7-4-3-5-8-16/h3-5,7-8,11,14,24H,6,9-10,12-13H2,1-2H3,(H,21,26)/t14-,20+/m1/s1. The third-order valence-electron chi connectivity index (χ3n) is 4.94. The van der Waals surface area contributed by atoms with Gasteiger partial charge in [0.05, 0.1) is 6.10 Å². The zero-order chi connectivity index (χ0) is 19.4. The first-order valence-electron chi connectivity index (χ1n) is 9.18. The van der Waals surface area contributed by atoms with Crippen molar-refractivity contribution < 1.29 is 19.2 Å². The fourth-order valence-electron chi connectivity index (χ4n) is 3.67. The van der Waals surface area contributed by atoms with E-state index in [9.17, 15) is 14.7 Å². The molecular weight excluding hydrogens is 346 g/mol. The summed E-state index contributed by atoms with van der Waals surface area (Å²) in [5, 5.41) is 16.4. The van der Waals surface area contributed by atoms with Crippen LogP contribution >= 0.6 is 0 Å². The number of likely N-dealkylation sites (tertiary alicyclic amines) is 1. The van der Waals surface area contributed by atoms with Crippen LogP contribution in [0.4, 0.5) is 0 Å². The molecule has 27 heavy (non-hydrogen) atoms. The van der Waals surface area contributed by atoms with Crippen LogP contribution in [0.2, 0.25) is 0 Å². The molecule has 2 heterocycles. The Labute approximate surface area is 158 Å². The SMILES string of the molecule is CC(=O)N1CCC[C@]1(Cc1cc(-c2ccccc2)no1)C(=O)NC[C@@H](C)O. The summed E-state index contributed by atoms with van der Waals surface area (Å²) in [5.41, 5.74) is 0.598. The Hall–Kier alpha value is -2.67. The summed E-state index contributed by atoms with van der Waals surface area (Å²) in [6, 6.07) is 11.4. The van der Waals surface area contributed by atoms with Crippen molar-refractivity contribution in [2.24, 2.45) is 0 Å². The second-order valence-corrected chi connectivity index (χ2v) is 7.09. The minimum absolute atomic E-state index is 0.137. The predicted molar refractivity (Wildman–Crippen MR) is 99.7 cm³/mol. The highest BCUT2D eigenvalue weighted by Gasteiger charge is 2.49. The van der Waals surface area contributed by atoms with Crippen LogP contribution in [0.3, 0.4) is 0 Å². The van der Waals surface area contributed by atoms with Crippen LogP contribution in [0.1, 0.15) is 32.4 Å². The van der Waals surface area contributed by atoms with Gasteiger partial charge in [-0.3, -0.25) is 9.59 Å². The largest absolute Gasteiger partial charge is 0.392 e. The van der Waals surface area contributed by atoms with Crippen LogP contribution in [-0.4, -0.2) is 51.7 Å². The molecule has 2 atom stereocenters. The van der Waals surface area contributed by atoms with Crippen LogP contribution in [0, 0.1) is 0 Å². The minimum Gasteiger partial charge on any atom is -0.392 e. The summed E-state index contributed by atoms with van der Waals surface area (Å²) >= 11 is 0. The average Bonchev–Trinajstić information content (AvgIpc) is 3.28. The molecule has 1 aromatic carbocycles. The quantitative estimate of drug-likeness (QED) is 0.807. The van der Waals surface area contributed by atoms with Crippen molar-refractivity contribution in [3.05, 3.63) is 42.2 Å². The minimum atomic E-state index is -1.02. The number of carbonyl (C=O) groups is 2. The highest BCUT2D eigenvalue weighted by atomic mass is 16.5. The average molecular weight is 371 g/mol. The molecule has 2 aromatic rings. The molecule has 1 aliphatic rings. The zero-order valence-electron chi connectivity index (χ0n) is 15.6. The first kappa shape index (κ1) is 19.1. The summed E-state index contributed by atoms with van der Waals surface area (Å²) < 4.78 is 5.49. The third-order valence-corrected chi connectivity index (χ3v) is 4.94. The lowest BCUT2D eigenvalue weighted by Crippen LogP contribution is -2.59. The van der Waals surface area contributed by atoms with Crippen LogP contribution in [-0.2, 0) is 16.0 Å². The first-order chi connectivity index (χ1) is 12.9. The maximum Gasteiger partial charge on any atom is 0.246 e. The van der Waals surface area contributed by atoms with Gasteiger partial charge in [-0.2, -0.15) is 0 Å². The summed E-state index contributed by atoms with van der Waals surface area (Å²) in [6.45, 7) is 3.74. The first-order valence-corrected chi connectivity index (χ1v) is 9.18. The van der Waals surface area contributed by atoms with E-state index < -0.39 is 11.6 Å². The Kier molecular flexibility index (Phi) is 5.60. The molecule has 1 fully saturated rings. The van der Waals surface area contributed by atoms with Gasteiger partial charge < -0.3 is 19.8 Å². The summed E-state index contributed by atoms with van der Waals surface area (Å²) in [4.78, 5) is 26.8. The van der Waals surface area contributed by atoms with Crippen molar-refractivity contribution in [3.8, 4) is 11.3 Å². The van der Waals surface area contributed by atoms with E-state index in [1.54, 1.807) is 11.8 Å². The van der Waals surface area contributed by atoms with Gasteiger partial charge in [0, 0.05) is 38.1 Å². The second kappa shape index (κ2) is 7.92. The van der Waals surface area contributed by atoms with Crippen LogP contribution in [0.25, 0.3) is 11.3 Å². The van der Waals surface area contributed by atoms with E-state index in [0.29, 0.717) is 24.4 Å². The monoisotopic (exact) mass is 371 g/mol. The lowest BCUT2D eigenvalue weighted by molar-refractivity contribution is -0.144. The number of aliphatic hydroxyl groups is 1. The van der Waals surface area contributed by atoms with E-state index in [2.05, 4.69) is 10.5 Å². The molecule has 144 valence electrons. The van der Waals surface area contributed by atoms with E-state index in [1.165, 1.54) is 6.92 Å². The van der Waals surface area contributed by atoms with Crippen molar-refractivity contribution in [3.63, 3.8) is 0 Å². The van der Waals surface area contributed by atoms with E-state index >= 15 is 0 Å². The molecule has 1 aromatic heterocycles. The topological polar surface area (TPSA) is 95.7 Å². The molecule has 0 unspecified atom stereocenters. The lowest BCUT2D eigenvalue weighted by Gasteiger charge is -2.36. The van der Waals surface area contributed by atoms with E-state index in [0.717, 1.165) is 12.0 Å². The molecule has 0 bridgehead atoms. The molecule has 0 spiro atoms. The smallest absolute Gasteiger partial charge is 0.246 e. The highest BCUT2D eigenvalue weighted by Crippen LogP contribution is 2.34. The molecule has 0 saturated carbocycles. The summed E-state index contributed by atoms with van der Waals surface area (Å²) in [6.07, 6.45) is 0.868. The summed E-state index contributed by atoms with van der Waals surface area (Å²) in [5.74, 6) is 0.130. The van der Waals surface area contributed by atoms with E-state index in [-0.39, 0.29) is 24.8 Å². The highest BCUT2D eigenvalue weighted by molar-refractivity contribution is 5.91. The number of carbonyl (C=O) groups excluding carboxylic acids is 2. The molecule has 1 saturated heterocycles. The number of aromatic nitrogens is 1. The molecule has 0 radical (unpaired) electrons. The fraction of sp³-hybridized carbons (Fsp3) is 0.450. The van der Waals surface area contributed by atoms with Gasteiger partial charge in [-0.05, 0) is 19.8 Å². The Morgan fingerprint density at radius 2 is 2.11 bits per heavy atom. The molecular formula is C20H25N3O4. The van der Waals surface area contributed by atoms with Gasteiger partial charge in [0.2, 0.25) is 11.8 Å². The number of benzene rings is 1. The van der Waals surface area contributed by atoms with Gasteiger partial charge in [0.15, 0.2) is 0 Å². The van der Waals surface area contributed by atoms with Crippen molar-refractivity contribution in [2.45, 2.75) is 44.8 Å². The normalized spacial score (nSPS) is 20.5. The van der Waals surface area contributed by atoms with Gasteiger partial charge >= 0.3 is 0 Å². The van der Waals surface area contributed by atoms with Gasteiger partial charge in [0.25, 0.3) is 0 Å². The van der Waals surface area contributed by atoms with E-state index in [1.807, 2.05) is 36.4 Å². The zero-order valence-corrected chi connectivity index (χ0v) is 15.6. The number of hydrogen-bond acceptors (Lipinski definition) is 5. The van der Waals surface area contributed by atoms with Crippen molar-refractivity contribution in [1.29, 1.82) is 0 Å². The number of nitrogens with zero attached hydrogens (tertiary/aromatic N) is 2. The van der Waals surface area contributed by atoms with Gasteiger partial charge in [-0.15, -0.1) is 0 Å². The maximum absolute atomic E-state index is 13.0. The Morgan fingerprint density at radius 3 is 2.78 bits per heavy atom. The van der Waals surface area contributed by atoms with Crippen LogP contribution in [0.5, 0.6) is 0 Å². The van der Waals surface area contributed by atoms with Gasteiger partial charge in [0.1, 0.15) is 17.0 Å². The van der Waals surface area contributed by atoms with Crippen LogP contribution in [0.15, 0.2) is 40.9 Å². The van der Waals surface area contributed by atoms with Crippen LogP contribution < -0.4 is 5.32 Å². The molecule has 7 nitrogen and oxygen atoms in total. The number of aliphatic hydroxyl groups excluding tert-OH is 1.